The largest absolute Gasteiger partial charge is 0.382 e. The van der Waals surface area contributed by atoms with Crippen LogP contribution in [-0.4, -0.2) is 19.7 Å². The molecule has 0 unspecified atom stereocenters. The molecule has 4 N–H and O–H groups in total. The highest BCUT2D eigenvalue weighted by Gasteiger charge is 2.04. The minimum absolute atomic E-state index is 0.170. The van der Waals surface area contributed by atoms with E-state index >= 15 is 0 Å². The van der Waals surface area contributed by atoms with E-state index in [1.165, 1.54) is 4.57 Å². The van der Waals surface area contributed by atoms with Gasteiger partial charge in [-0.05, 0) is 12.1 Å². The molecular formula is C12H11N5O. The molecule has 0 amide bonds. The van der Waals surface area contributed by atoms with Crippen molar-refractivity contribution in [2.45, 2.75) is 0 Å². The van der Waals surface area contributed by atoms with Crippen molar-refractivity contribution in [3.63, 3.8) is 0 Å². The molecule has 3 aromatic rings. The Labute approximate surface area is 102 Å². The van der Waals surface area contributed by atoms with Crippen LogP contribution >= 0.6 is 0 Å². The summed E-state index contributed by atoms with van der Waals surface area (Å²) < 4.78 is 1.53. The number of hydrogen-bond donors (Lipinski definition) is 3. The van der Waals surface area contributed by atoms with Gasteiger partial charge in [-0.3, -0.25) is 9.67 Å². The fraction of sp³-hybridized carbons (Fsp3) is 0. The SMILES string of the molecule is Nc1cc(-c2cccc(-n3cc[nH]c3=O)c2)[nH]n1. The summed E-state index contributed by atoms with van der Waals surface area (Å²) in [4.78, 5) is 14.1. The van der Waals surface area contributed by atoms with Crippen molar-refractivity contribution in [1.82, 2.24) is 19.7 Å². The van der Waals surface area contributed by atoms with Crippen LogP contribution in [0, 0.1) is 0 Å². The van der Waals surface area contributed by atoms with E-state index < -0.39 is 0 Å². The maximum absolute atomic E-state index is 11.5. The predicted octanol–water partition coefficient (Wildman–Crippen LogP) is 1.14. The Bertz CT molecular complexity index is 737. The lowest BCUT2D eigenvalue weighted by molar-refractivity contribution is 0.987. The van der Waals surface area contributed by atoms with Gasteiger partial charge in [-0.1, -0.05) is 12.1 Å². The topological polar surface area (TPSA) is 92.5 Å². The van der Waals surface area contributed by atoms with E-state index in [1.54, 1.807) is 18.5 Å². The first-order chi connectivity index (χ1) is 8.74. The number of aromatic amines is 2. The van der Waals surface area contributed by atoms with Gasteiger partial charge in [0.25, 0.3) is 0 Å². The number of nitrogens with two attached hydrogens (primary N) is 1. The molecular weight excluding hydrogens is 230 g/mol. The number of rotatable bonds is 2. The van der Waals surface area contributed by atoms with Crippen LogP contribution in [0.4, 0.5) is 5.82 Å². The standard InChI is InChI=1S/C12H11N5O/c13-11-7-10(15-16-11)8-2-1-3-9(6-8)17-5-4-14-12(17)18/h1-7H,(H,14,18)(H3,13,15,16). The molecule has 6 heteroatoms. The number of anilines is 1. The van der Waals surface area contributed by atoms with Crippen molar-refractivity contribution in [2.24, 2.45) is 0 Å². The third-order valence-electron chi connectivity index (χ3n) is 2.68. The molecule has 0 spiro atoms. The van der Waals surface area contributed by atoms with Crippen LogP contribution in [0.15, 0.2) is 47.5 Å². The number of nitrogens with one attached hydrogen (secondary N) is 2. The van der Waals surface area contributed by atoms with Crippen molar-refractivity contribution in [2.75, 3.05) is 5.73 Å². The summed E-state index contributed by atoms with van der Waals surface area (Å²) in [6, 6.07) is 9.30. The van der Waals surface area contributed by atoms with Gasteiger partial charge in [0.2, 0.25) is 0 Å². The van der Waals surface area contributed by atoms with Gasteiger partial charge in [-0.2, -0.15) is 5.10 Å². The molecule has 3 rings (SSSR count). The van der Waals surface area contributed by atoms with Crippen molar-refractivity contribution in [3.05, 3.63) is 53.2 Å². The van der Waals surface area contributed by atoms with E-state index in [4.69, 9.17) is 5.73 Å². The third kappa shape index (κ3) is 1.69. The van der Waals surface area contributed by atoms with Gasteiger partial charge < -0.3 is 10.7 Å². The van der Waals surface area contributed by atoms with E-state index in [2.05, 4.69) is 15.2 Å². The molecule has 0 atom stereocenters. The number of benzene rings is 1. The van der Waals surface area contributed by atoms with Gasteiger partial charge in [0, 0.05) is 24.0 Å². The molecule has 0 bridgehead atoms. The van der Waals surface area contributed by atoms with E-state index in [0.717, 1.165) is 16.9 Å². The normalized spacial score (nSPS) is 10.7. The van der Waals surface area contributed by atoms with E-state index in [0.29, 0.717) is 5.82 Å². The molecule has 0 fully saturated rings. The lowest BCUT2D eigenvalue weighted by atomic mass is 10.1. The summed E-state index contributed by atoms with van der Waals surface area (Å²) in [6.07, 6.45) is 3.28. The van der Waals surface area contributed by atoms with Crippen LogP contribution in [-0.2, 0) is 0 Å². The van der Waals surface area contributed by atoms with Gasteiger partial charge in [0.1, 0.15) is 5.82 Å². The maximum atomic E-state index is 11.5. The summed E-state index contributed by atoms with van der Waals surface area (Å²) in [5.41, 5.74) is 7.92. The van der Waals surface area contributed by atoms with Gasteiger partial charge in [0.15, 0.2) is 0 Å². The van der Waals surface area contributed by atoms with Crippen molar-refractivity contribution in [3.8, 4) is 16.9 Å². The van der Waals surface area contributed by atoms with Crippen LogP contribution in [0.5, 0.6) is 0 Å². The summed E-state index contributed by atoms with van der Waals surface area (Å²) in [5, 5.41) is 6.72. The first kappa shape index (κ1) is 10.4. The monoisotopic (exact) mass is 241 g/mol. The molecule has 1 aromatic carbocycles. The Hall–Kier alpha value is -2.76. The first-order valence-corrected chi connectivity index (χ1v) is 5.42. The molecule has 2 aromatic heterocycles. The Morgan fingerprint density at radius 2 is 2.17 bits per heavy atom. The van der Waals surface area contributed by atoms with Crippen LogP contribution in [0.2, 0.25) is 0 Å². The van der Waals surface area contributed by atoms with Crippen molar-refractivity contribution in [1.29, 1.82) is 0 Å². The number of H-pyrrole nitrogens is 2. The second kappa shape index (κ2) is 3.92. The van der Waals surface area contributed by atoms with E-state index in [-0.39, 0.29) is 5.69 Å². The Kier molecular flexibility index (Phi) is 2.26. The second-order valence-corrected chi connectivity index (χ2v) is 3.89. The van der Waals surface area contributed by atoms with Gasteiger partial charge >= 0.3 is 5.69 Å². The lowest BCUT2D eigenvalue weighted by Gasteiger charge is -2.03. The van der Waals surface area contributed by atoms with Gasteiger partial charge in [-0.15, -0.1) is 0 Å². The minimum atomic E-state index is -0.170. The third-order valence-corrected chi connectivity index (χ3v) is 2.68. The van der Waals surface area contributed by atoms with Crippen LogP contribution < -0.4 is 11.4 Å². The second-order valence-electron chi connectivity index (χ2n) is 3.89. The zero-order valence-corrected chi connectivity index (χ0v) is 9.42. The highest BCUT2D eigenvalue weighted by atomic mass is 16.1. The summed E-state index contributed by atoms with van der Waals surface area (Å²) in [6.45, 7) is 0. The van der Waals surface area contributed by atoms with Crippen molar-refractivity contribution >= 4 is 5.82 Å². The molecule has 0 aliphatic rings. The zero-order chi connectivity index (χ0) is 12.5. The molecule has 6 nitrogen and oxygen atoms in total. The minimum Gasteiger partial charge on any atom is -0.382 e. The number of hydrogen-bond acceptors (Lipinski definition) is 3. The summed E-state index contributed by atoms with van der Waals surface area (Å²) in [7, 11) is 0. The van der Waals surface area contributed by atoms with Crippen LogP contribution in [0.3, 0.4) is 0 Å². The molecule has 0 aliphatic heterocycles. The number of nitrogens with zero attached hydrogens (tertiary/aromatic N) is 2. The average molecular weight is 241 g/mol. The van der Waals surface area contributed by atoms with E-state index in [1.807, 2.05) is 24.3 Å². The predicted molar refractivity (Wildman–Crippen MR) is 68.4 cm³/mol. The number of imidazole rings is 1. The fourth-order valence-electron chi connectivity index (χ4n) is 1.83. The molecule has 0 aliphatic carbocycles. The van der Waals surface area contributed by atoms with Crippen LogP contribution in [0.25, 0.3) is 16.9 Å². The molecule has 0 radical (unpaired) electrons. The Balaban J connectivity index is 2.10. The zero-order valence-electron chi connectivity index (χ0n) is 9.42. The van der Waals surface area contributed by atoms with Crippen molar-refractivity contribution < 1.29 is 0 Å². The molecule has 0 saturated heterocycles. The molecule has 0 saturated carbocycles. The van der Waals surface area contributed by atoms with Gasteiger partial charge in [0.05, 0.1) is 11.4 Å². The lowest BCUT2D eigenvalue weighted by Crippen LogP contribution is -2.13. The summed E-state index contributed by atoms with van der Waals surface area (Å²) >= 11 is 0. The average Bonchev–Trinajstić information content (AvgIpc) is 2.98. The maximum Gasteiger partial charge on any atom is 0.330 e. The Morgan fingerprint density at radius 1 is 1.28 bits per heavy atom. The molecule has 18 heavy (non-hydrogen) atoms. The highest BCUT2D eigenvalue weighted by molar-refractivity contribution is 5.64. The quantitative estimate of drug-likeness (QED) is 0.628. The first-order valence-electron chi connectivity index (χ1n) is 5.42. The molecule has 2 heterocycles. The van der Waals surface area contributed by atoms with E-state index in [9.17, 15) is 4.79 Å². The van der Waals surface area contributed by atoms with Crippen LogP contribution in [0.1, 0.15) is 0 Å². The van der Waals surface area contributed by atoms with Gasteiger partial charge in [-0.25, -0.2) is 4.79 Å². The Morgan fingerprint density at radius 3 is 2.83 bits per heavy atom. The number of nitrogen functional groups attached to an aromatic ring is 1. The molecule has 90 valence electrons. The fourth-order valence-corrected chi connectivity index (χ4v) is 1.83. The number of aromatic nitrogens is 4. The summed E-state index contributed by atoms with van der Waals surface area (Å²) in [5.74, 6) is 0.439. The smallest absolute Gasteiger partial charge is 0.330 e. The highest BCUT2D eigenvalue weighted by Crippen LogP contribution is 2.20.